The fourth-order valence-electron chi connectivity index (χ4n) is 1.82. The summed E-state index contributed by atoms with van der Waals surface area (Å²) in [5.41, 5.74) is 0. The summed E-state index contributed by atoms with van der Waals surface area (Å²) in [5, 5.41) is 6.36. The Kier molecular flexibility index (Phi) is 4.82. The molecule has 1 aliphatic rings. The Morgan fingerprint density at radius 2 is 2.12 bits per heavy atom. The van der Waals surface area contributed by atoms with Crippen molar-refractivity contribution in [3.63, 3.8) is 0 Å². The van der Waals surface area contributed by atoms with Gasteiger partial charge in [-0.05, 0) is 38.1 Å². The zero-order valence-corrected chi connectivity index (χ0v) is 10.5. The van der Waals surface area contributed by atoms with Crippen LogP contribution < -0.4 is 10.6 Å². The van der Waals surface area contributed by atoms with Gasteiger partial charge in [-0.3, -0.25) is 9.78 Å². The molecule has 2 N–H and O–H groups in total. The average Bonchev–Trinajstić information content (AvgIpc) is 2.39. The van der Waals surface area contributed by atoms with Gasteiger partial charge in [0, 0.05) is 23.3 Å². The minimum atomic E-state index is 0.124. The molecule has 0 radical (unpaired) electrons. The van der Waals surface area contributed by atoms with Crippen molar-refractivity contribution in [3.05, 3.63) is 24.5 Å². The number of hydrogen-bond donors (Lipinski definition) is 2. The van der Waals surface area contributed by atoms with Crippen LogP contribution in [-0.4, -0.2) is 35.8 Å². The van der Waals surface area contributed by atoms with Crippen LogP contribution in [-0.2, 0) is 4.79 Å². The van der Waals surface area contributed by atoms with Gasteiger partial charge in [-0.1, -0.05) is 0 Å². The van der Waals surface area contributed by atoms with Crippen LogP contribution in [0.25, 0.3) is 0 Å². The molecule has 0 aliphatic carbocycles. The number of carbonyl (C=O) groups excluding carboxylic acids is 1. The van der Waals surface area contributed by atoms with Gasteiger partial charge in [-0.2, -0.15) is 0 Å². The largest absolute Gasteiger partial charge is 0.353 e. The van der Waals surface area contributed by atoms with Crippen molar-refractivity contribution in [2.45, 2.75) is 23.8 Å². The van der Waals surface area contributed by atoms with Gasteiger partial charge in [0.25, 0.3) is 0 Å². The first kappa shape index (κ1) is 12.4. The lowest BCUT2D eigenvalue weighted by Crippen LogP contribution is -2.43. The summed E-state index contributed by atoms with van der Waals surface area (Å²) in [7, 11) is 0. The number of amides is 1. The van der Waals surface area contributed by atoms with E-state index in [9.17, 15) is 4.79 Å². The van der Waals surface area contributed by atoms with E-state index in [1.165, 1.54) is 0 Å². The van der Waals surface area contributed by atoms with Gasteiger partial charge >= 0.3 is 0 Å². The van der Waals surface area contributed by atoms with E-state index in [2.05, 4.69) is 15.6 Å². The van der Waals surface area contributed by atoms with Crippen molar-refractivity contribution in [1.82, 2.24) is 15.6 Å². The van der Waals surface area contributed by atoms with Crippen LogP contribution in [0.15, 0.2) is 29.4 Å². The molecule has 2 rings (SSSR count). The molecule has 1 amide bonds. The summed E-state index contributed by atoms with van der Waals surface area (Å²) in [6.45, 7) is 2.00. The van der Waals surface area contributed by atoms with E-state index in [1.807, 2.05) is 12.1 Å². The average molecular weight is 251 g/mol. The van der Waals surface area contributed by atoms with Gasteiger partial charge < -0.3 is 10.6 Å². The van der Waals surface area contributed by atoms with Crippen LogP contribution >= 0.6 is 11.8 Å². The van der Waals surface area contributed by atoms with Crippen molar-refractivity contribution in [1.29, 1.82) is 0 Å². The number of carbonyl (C=O) groups is 1. The second-order valence-electron chi connectivity index (χ2n) is 4.06. The first-order valence-electron chi connectivity index (χ1n) is 5.87. The van der Waals surface area contributed by atoms with Crippen molar-refractivity contribution in [2.75, 3.05) is 18.8 Å². The minimum absolute atomic E-state index is 0.124. The van der Waals surface area contributed by atoms with E-state index < -0.39 is 0 Å². The Hall–Kier alpha value is -1.07. The van der Waals surface area contributed by atoms with Crippen molar-refractivity contribution < 1.29 is 4.79 Å². The minimum Gasteiger partial charge on any atom is -0.353 e. The zero-order valence-electron chi connectivity index (χ0n) is 9.69. The maximum Gasteiger partial charge on any atom is 0.230 e. The van der Waals surface area contributed by atoms with Crippen LogP contribution in [0, 0.1) is 0 Å². The maximum atomic E-state index is 11.7. The molecular formula is C12H17N3OS. The molecule has 0 aromatic carbocycles. The Bertz CT molecular complexity index is 352. The lowest BCUT2D eigenvalue weighted by molar-refractivity contribution is -0.119. The number of piperidine rings is 1. The summed E-state index contributed by atoms with van der Waals surface area (Å²) in [6, 6.07) is 4.19. The molecule has 4 nitrogen and oxygen atoms in total. The lowest BCUT2D eigenvalue weighted by atomic mass is 10.1. The fraction of sp³-hybridized carbons (Fsp3) is 0.500. The molecule has 1 saturated heterocycles. The SMILES string of the molecule is O=C(CSc1ccncc1)NC1CCNCC1. The highest BCUT2D eigenvalue weighted by Crippen LogP contribution is 2.15. The second-order valence-corrected chi connectivity index (χ2v) is 5.11. The molecule has 1 aromatic heterocycles. The molecule has 5 heteroatoms. The zero-order chi connectivity index (χ0) is 11.9. The molecule has 92 valence electrons. The van der Waals surface area contributed by atoms with E-state index in [0.29, 0.717) is 11.8 Å². The molecule has 0 unspecified atom stereocenters. The number of aromatic nitrogens is 1. The first-order chi connectivity index (χ1) is 8.34. The monoisotopic (exact) mass is 251 g/mol. The molecule has 0 saturated carbocycles. The third-order valence-corrected chi connectivity index (χ3v) is 3.74. The number of pyridine rings is 1. The summed E-state index contributed by atoms with van der Waals surface area (Å²) in [5.74, 6) is 0.604. The Balaban J connectivity index is 1.70. The highest BCUT2D eigenvalue weighted by Gasteiger charge is 2.15. The van der Waals surface area contributed by atoms with Crippen LogP contribution in [0.2, 0.25) is 0 Å². The van der Waals surface area contributed by atoms with Gasteiger partial charge in [0.05, 0.1) is 5.75 Å². The van der Waals surface area contributed by atoms with Crippen molar-refractivity contribution in [2.24, 2.45) is 0 Å². The molecular weight excluding hydrogens is 234 g/mol. The number of nitrogens with one attached hydrogen (secondary N) is 2. The highest BCUT2D eigenvalue weighted by molar-refractivity contribution is 8.00. The predicted octanol–water partition coefficient (Wildman–Crippen LogP) is 1.04. The Morgan fingerprint density at radius 1 is 1.41 bits per heavy atom. The summed E-state index contributed by atoms with van der Waals surface area (Å²) < 4.78 is 0. The van der Waals surface area contributed by atoms with E-state index in [0.717, 1.165) is 30.8 Å². The van der Waals surface area contributed by atoms with E-state index >= 15 is 0 Å². The standard InChI is InChI=1S/C12H17N3OS/c16-12(15-10-1-5-13-6-2-10)9-17-11-3-7-14-8-4-11/h3-4,7-8,10,13H,1-2,5-6,9H2,(H,15,16). The summed E-state index contributed by atoms with van der Waals surface area (Å²) >= 11 is 1.55. The van der Waals surface area contributed by atoms with Crippen LogP contribution in [0.5, 0.6) is 0 Å². The van der Waals surface area contributed by atoms with Gasteiger partial charge in [0.2, 0.25) is 5.91 Å². The molecule has 1 aliphatic heterocycles. The molecule has 2 heterocycles. The van der Waals surface area contributed by atoms with E-state index in [-0.39, 0.29) is 5.91 Å². The number of nitrogens with zero attached hydrogens (tertiary/aromatic N) is 1. The number of hydrogen-bond acceptors (Lipinski definition) is 4. The first-order valence-corrected chi connectivity index (χ1v) is 6.86. The Labute approximate surface area is 106 Å². The Morgan fingerprint density at radius 3 is 2.82 bits per heavy atom. The number of rotatable bonds is 4. The molecule has 0 atom stereocenters. The van der Waals surface area contributed by atoms with Crippen molar-refractivity contribution in [3.8, 4) is 0 Å². The smallest absolute Gasteiger partial charge is 0.230 e. The topological polar surface area (TPSA) is 54.0 Å². The molecule has 1 fully saturated rings. The van der Waals surface area contributed by atoms with Gasteiger partial charge in [-0.15, -0.1) is 11.8 Å². The van der Waals surface area contributed by atoms with E-state index in [4.69, 9.17) is 0 Å². The summed E-state index contributed by atoms with van der Waals surface area (Å²) in [4.78, 5) is 16.7. The third-order valence-electron chi connectivity index (χ3n) is 2.72. The molecule has 0 spiro atoms. The van der Waals surface area contributed by atoms with Gasteiger partial charge in [-0.25, -0.2) is 0 Å². The van der Waals surface area contributed by atoms with Crippen LogP contribution in [0.3, 0.4) is 0 Å². The third kappa shape index (κ3) is 4.36. The maximum absolute atomic E-state index is 11.7. The van der Waals surface area contributed by atoms with Crippen LogP contribution in [0.1, 0.15) is 12.8 Å². The van der Waals surface area contributed by atoms with Crippen molar-refractivity contribution >= 4 is 17.7 Å². The van der Waals surface area contributed by atoms with Crippen LogP contribution in [0.4, 0.5) is 0 Å². The predicted molar refractivity (Wildman–Crippen MR) is 69.0 cm³/mol. The lowest BCUT2D eigenvalue weighted by Gasteiger charge is -2.23. The quantitative estimate of drug-likeness (QED) is 0.785. The van der Waals surface area contributed by atoms with Gasteiger partial charge in [0.15, 0.2) is 0 Å². The van der Waals surface area contributed by atoms with E-state index in [1.54, 1.807) is 24.2 Å². The number of thioether (sulfide) groups is 1. The highest BCUT2D eigenvalue weighted by atomic mass is 32.2. The summed E-state index contributed by atoms with van der Waals surface area (Å²) in [6.07, 6.45) is 5.55. The molecule has 17 heavy (non-hydrogen) atoms. The molecule has 0 bridgehead atoms. The van der Waals surface area contributed by atoms with Gasteiger partial charge in [0.1, 0.15) is 0 Å². The molecule has 1 aromatic rings. The second kappa shape index (κ2) is 6.61. The fourth-order valence-corrected chi connectivity index (χ4v) is 2.51. The normalized spacial score (nSPS) is 16.7.